The van der Waals surface area contributed by atoms with E-state index in [1.807, 2.05) is 48.6 Å². The smallest absolute Gasteiger partial charge is 0.295 e. The molecule has 0 radical (unpaired) electrons. The highest BCUT2D eigenvalue weighted by atomic mass is 16.2. The van der Waals surface area contributed by atoms with Crippen LogP contribution in [0.25, 0.3) is 46.4 Å². The van der Waals surface area contributed by atoms with E-state index in [0.29, 0.717) is 0 Å². The second-order valence-electron chi connectivity index (χ2n) is 7.08. The van der Waals surface area contributed by atoms with Crippen molar-refractivity contribution in [3.05, 3.63) is 83.6 Å². The molecule has 6 rings (SSSR count). The van der Waals surface area contributed by atoms with Crippen molar-refractivity contribution in [1.82, 2.24) is 25.3 Å². The Bertz CT molecular complexity index is 1280. The Morgan fingerprint density at radius 2 is 0.935 bits per heavy atom. The molecule has 150 valence electrons. The summed E-state index contributed by atoms with van der Waals surface area (Å²) in [5.74, 6) is -1.01. The number of ketones is 1. The van der Waals surface area contributed by atoms with E-state index in [1.165, 1.54) is 12.3 Å². The quantitative estimate of drug-likeness (QED) is 0.339. The zero-order valence-corrected chi connectivity index (χ0v) is 16.3. The maximum absolute atomic E-state index is 10.1. The van der Waals surface area contributed by atoms with Gasteiger partial charge in [-0.3, -0.25) is 9.59 Å². The number of carbonyl (C=O) groups excluding carboxylic acids is 2. The standard InChI is InChI=1S/C20H14N4.C4H3NO2/c1-2-14-10-16-5-6-18(23-16)12-20-8-7-19(24-20)11-17-4-3-15(22-17)9-13(1)21-14;6-3-1-2-5-4(3)7/h1-12,21,24H;1-2H,(H,5,6,7). The fraction of sp³-hybridized carbons (Fsp3) is 0. The van der Waals surface area contributed by atoms with Crippen LogP contribution in [-0.2, 0) is 9.59 Å². The van der Waals surface area contributed by atoms with Crippen LogP contribution in [0, 0.1) is 0 Å². The third-order valence-corrected chi connectivity index (χ3v) is 4.71. The Hall–Kier alpha value is -4.52. The number of hydrogen-bond donors (Lipinski definition) is 3. The molecule has 31 heavy (non-hydrogen) atoms. The Kier molecular flexibility index (Phi) is 4.61. The van der Waals surface area contributed by atoms with Crippen LogP contribution in [0.5, 0.6) is 0 Å². The van der Waals surface area contributed by atoms with E-state index in [0.717, 1.165) is 44.8 Å². The Labute approximate surface area is 176 Å². The predicted molar refractivity (Wildman–Crippen MR) is 121 cm³/mol. The fourth-order valence-corrected chi connectivity index (χ4v) is 3.28. The molecule has 3 aliphatic heterocycles. The highest BCUT2D eigenvalue weighted by molar-refractivity contribution is 6.42. The van der Waals surface area contributed by atoms with Gasteiger partial charge in [-0.2, -0.15) is 0 Å². The normalized spacial score (nSPS) is 13.8. The number of nitrogens with one attached hydrogen (secondary N) is 3. The number of rotatable bonds is 0. The molecule has 8 bridgehead atoms. The van der Waals surface area contributed by atoms with Gasteiger partial charge in [0.25, 0.3) is 5.91 Å². The molecule has 3 aliphatic rings. The van der Waals surface area contributed by atoms with Crippen LogP contribution in [-0.4, -0.2) is 31.6 Å². The zero-order chi connectivity index (χ0) is 21.2. The van der Waals surface area contributed by atoms with Crippen LogP contribution < -0.4 is 5.32 Å². The van der Waals surface area contributed by atoms with Crippen molar-refractivity contribution < 1.29 is 9.59 Å². The fourth-order valence-electron chi connectivity index (χ4n) is 3.28. The summed E-state index contributed by atoms with van der Waals surface area (Å²) in [4.78, 5) is 36.1. The van der Waals surface area contributed by atoms with Crippen molar-refractivity contribution in [2.45, 2.75) is 0 Å². The minimum absolute atomic E-state index is 0.472. The minimum atomic E-state index is -0.542. The van der Waals surface area contributed by atoms with E-state index in [9.17, 15) is 9.59 Å². The summed E-state index contributed by atoms with van der Waals surface area (Å²) in [5.41, 5.74) is 7.86. The van der Waals surface area contributed by atoms with Crippen LogP contribution >= 0.6 is 0 Å². The number of aromatic amines is 2. The molecule has 0 spiro atoms. The summed E-state index contributed by atoms with van der Waals surface area (Å²) in [6, 6.07) is 16.4. The van der Waals surface area contributed by atoms with Gasteiger partial charge in [-0.1, -0.05) is 0 Å². The molecule has 6 heterocycles. The molecule has 0 saturated carbocycles. The molecule has 0 aliphatic carbocycles. The second kappa shape index (κ2) is 7.72. The highest BCUT2D eigenvalue weighted by Crippen LogP contribution is 2.16. The second-order valence-corrected chi connectivity index (χ2v) is 7.08. The van der Waals surface area contributed by atoms with Crippen LogP contribution in [0.15, 0.2) is 60.8 Å². The topological polar surface area (TPSA) is 104 Å². The number of aromatic nitrogens is 4. The van der Waals surface area contributed by atoms with Crippen molar-refractivity contribution in [3.63, 3.8) is 0 Å². The summed E-state index contributed by atoms with van der Waals surface area (Å²) in [6.45, 7) is 0. The van der Waals surface area contributed by atoms with Crippen LogP contribution in [0.4, 0.5) is 0 Å². The van der Waals surface area contributed by atoms with Gasteiger partial charge in [0.1, 0.15) is 0 Å². The molecule has 7 nitrogen and oxygen atoms in total. The largest absolute Gasteiger partial charge is 0.355 e. The summed E-state index contributed by atoms with van der Waals surface area (Å²) in [5, 5.41) is 2.20. The van der Waals surface area contributed by atoms with E-state index in [4.69, 9.17) is 0 Å². The lowest BCUT2D eigenvalue weighted by molar-refractivity contribution is -0.133. The molecule has 0 saturated heterocycles. The Morgan fingerprint density at radius 1 is 0.548 bits per heavy atom. The first kappa shape index (κ1) is 18.5. The number of nitrogens with zero attached hydrogens (tertiary/aromatic N) is 2. The van der Waals surface area contributed by atoms with Gasteiger partial charge in [0, 0.05) is 34.3 Å². The van der Waals surface area contributed by atoms with E-state index in [2.05, 4.69) is 49.5 Å². The highest BCUT2D eigenvalue weighted by Gasteiger charge is 2.12. The summed E-state index contributed by atoms with van der Waals surface area (Å²) < 4.78 is 0. The van der Waals surface area contributed by atoms with Gasteiger partial charge in [-0.25, -0.2) is 9.97 Å². The molecular formula is C24H17N5O2. The van der Waals surface area contributed by atoms with Crippen molar-refractivity contribution in [2.24, 2.45) is 0 Å². The Morgan fingerprint density at radius 3 is 1.19 bits per heavy atom. The van der Waals surface area contributed by atoms with Gasteiger partial charge in [-0.15, -0.1) is 0 Å². The van der Waals surface area contributed by atoms with Crippen molar-refractivity contribution in [3.8, 4) is 0 Å². The third kappa shape index (κ3) is 4.25. The third-order valence-electron chi connectivity index (χ3n) is 4.71. The lowest BCUT2D eigenvalue weighted by atomic mass is 10.3. The number of carbonyl (C=O) groups is 2. The lowest BCUT2D eigenvalue weighted by Gasteiger charge is -1.85. The zero-order valence-electron chi connectivity index (χ0n) is 16.3. The molecule has 3 N–H and O–H groups in total. The van der Waals surface area contributed by atoms with Crippen molar-refractivity contribution >= 4 is 58.1 Å². The lowest BCUT2D eigenvalue weighted by Crippen LogP contribution is -2.17. The van der Waals surface area contributed by atoms with Crippen LogP contribution in [0.1, 0.15) is 22.8 Å². The van der Waals surface area contributed by atoms with Gasteiger partial charge >= 0.3 is 0 Å². The molecule has 1 amide bonds. The number of H-pyrrole nitrogens is 2. The van der Waals surface area contributed by atoms with Crippen LogP contribution in [0.3, 0.4) is 0 Å². The molecule has 7 heteroatoms. The number of amides is 1. The molecule has 0 fully saturated rings. The molecule has 0 aromatic carbocycles. The SMILES string of the molecule is C1=Cc2cc3ccc(cc4nc(cc5ccc(cc1n2)[nH]5)C=C4)[nH]3.O=C1C=CNC1=O. The first-order valence-corrected chi connectivity index (χ1v) is 9.67. The molecule has 3 aromatic heterocycles. The monoisotopic (exact) mass is 407 g/mol. The minimum Gasteiger partial charge on any atom is -0.355 e. The molecule has 0 atom stereocenters. The van der Waals surface area contributed by atoms with Gasteiger partial charge in [0.15, 0.2) is 0 Å². The maximum Gasteiger partial charge on any atom is 0.295 e. The van der Waals surface area contributed by atoms with E-state index in [1.54, 1.807) is 0 Å². The number of hydrogen-bond acceptors (Lipinski definition) is 4. The first-order valence-electron chi connectivity index (χ1n) is 9.67. The van der Waals surface area contributed by atoms with Crippen molar-refractivity contribution in [2.75, 3.05) is 0 Å². The average Bonchev–Trinajstić information content (AvgIpc) is 3.55. The summed E-state index contributed by atoms with van der Waals surface area (Å²) in [7, 11) is 0. The average molecular weight is 407 g/mol. The summed E-state index contributed by atoms with van der Waals surface area (Å²) in [6.07, 6.45) is 10.6. The van der Waals surface area contributed by atoms with E-state index >= 15 is 0 Å². The van der Waals surface area contributed by atoms with Gasteiger partial charge < -0.3 is 15.3 Å². The maximum atomic E-state index is 10.1. The van der Waals surface area contributed by atoms with E-state index in [-0.39, 0.29) is 0 Å². The predicted octanol–water partition coefficient (Wildman–Crippen LogP) is 3.85. The molecule has 0 unspecified atom stereocenters. The first-order chi connectivity index (χ1) is 15.1. The van der Waals surface area contributed by atoms with Crippen LogP contribution in [0.2, 0.25) is 0 Å². The Balaban J connectivity index is 0.000000250. The molecular weight excluding hydrogens is 390 g/mol. The van der Waals surface area contributed by atoms with Crippen molar-refractivity contribution in [1.29, 1.82) is 0 Å². The van der Waals surface area contributed by atoms with Gasteiger partial charge in [0.05, 0.1) is 22.8 Å². The van der Waals surface area contributed by atoms with E-state index < -0.39 is 11.7 Å². The van der Waals surface area contributed by atoms with Gasteiger partial charge in [0.2, 0.25) is 5.78 Å². The van der Waals surface area contributed by atoms with Gasteiger partial charge in [-0.05, 0) is 72.8 Å². The summed E-state index contributed by atoms with van der Waals surface area (Å²) >= 11 is 0. The molecule has 3 aromatic rings. The number of fused-ring (bicyclic) bond motifs is 8.